The number of rotatable bonds is 7. The summed E-state index contributed by atoms with van der Waals surface area (Å²) in [4.78, 5) is 0. The Bertz CT molecular complexity index is 533. The maximum atomic E-state index is 11.2. The molecule has 5 heteroatoms. The normalized spacial score (nSPS) is 24.1. The molecule has 0 amide bonds. The van der Waals surface area contributed by atoms with Crippen LogP contribution in [0.1, 0.15) is 38.2 Å². The van der Waals surface area contributed by atoms with E-state index in [1.54, 1.807) is 0 Å². The molecule has 0 aliphatic heterocycles. The van der Waals surface area contributed by atoms with Gasteiger partial charge in [-0.1, -0.05) is 30.3 Å². The van der Waals surface area contributed by atoms with E-state index >= 15 is 0 Å². The molecule has 1 atom stereocenters. The van der Waals surface area contributed by atoms with Gasteiger partial charge in [-0.25, -0.2) is 0 Å². The number of benzene rings is 1. The highest BCUT2D eigenvalue weighted by Gasteiger charge is 2.27. The van der Waals surface area contributed by atoms with E-state index in [-0.39, 0.29) is 6.10 Å². The van der Waals surface area contributed by atoms with Gasteiger partial charge < -0.3 is 4.74 Å². The lowest BCUT2D eigenvalue weighted by Crippen LogP contribution is -2.28. The molecule has 0 radical (unpaired) electrons. The number of ether oxygens (including phenoxy) is 1. The number of hydrogen-bond donors (Lipinski definition) is 0. The molecule has 0 aromatic heterocycles. The van der Waals surface area contributed by atoms with Crippen molar-refractivity contribution in [2.24, 2.45) is 11.8 Å². The Kier molecular flexibility index (Phi) is 6.41. The van der Waals surface area contributed by atoms with Crippen LogP contribution < -0.4 is 0 Å². The van der Waals surface area contributed by atoms with Gasteiger partial charge in [0.1, 0.15) is 0 Å². The second-order valence-corrected chi connectivity index (χ2v) is 7.89. The Labute approximate surface area is 134 Å². The molecule has 0 heterocycles. The van der Waals surface area contributed by atoms with Gasteiger partial charge in [0.2, 0.25) is 0 Å². The third-order valence-electron chi connectivity index (χ3n) is 4.35. The summed E-state index contributed by atoms with van der Waals surface area (Å²) in [5, 5.41) is 0. The van der Waals surface area contributed by atoms with E-state index in [1.165, 1.54) is 5.56 Å². The van der Waals surface area contributed by atoms with Crippen LogP contribution in [0, 0.1) is 11.8 Å². The summed E-state index contributed by atoms with van der Waals surface area (Å²) in [6.07, 6.45) is 5.08. The van der Waals surface area contributed by atoms with Crippen LogP contribution in [0.25, 0.3) is 0 Å². The third-order valence-corrected chi connectivity index (χ3v) is 5.00. The van der Waals surface area contributed by atoms with E-state index in [2.05, 4.69) is 12.1 Å². The van der Waals surface area contributed by atoms with Gasteiger partial charge in [0.25, 0.3) is 10.1 Å². The minimum Gasteiger partial charge on any atom is -0.376 e. The van der Waals surface area contributed by atoms with Crippen LogP contribution >= 0.6 is 0 Å². The number of hydrogen-bond acceptors (Lipinski definition) is 4. The van der Waals surface area contributed by atoms with Gasteiger partial charge >= 0.3 is 0 Å². The summed E-state index contributed by atoms with van der Waals surface area (Å²) >= 11 is 0. The Balaban J connectivity index is 1.67. The van der Waals surface area contributed by atoms with Crippen LogP contribution in [0.4, 0.5) is 0 Å². The fourth-order valence-corrected chi connectivity index (χ4v) is 3.80. The van der Waals surface area contributed by atoms with E-state index in [9.17, 15) is 8.42 Å². The highest BCUT2D eigenvalue weighted by atomic mass is 32.2. The molecule has 1 aliphatic rings. The van der Waals surface area contributed by atoms with Crippen molar-refractivity contribution in [3.8, 4) is 0 Å². The summed E-state index contributed by atoms with van der Waals surface area (Å²) in [5.74, 6) is 0.908. The van der Waals surface area contributed by atoms with Gasteiger partial charge in [-0.15, -0.1) is 0 Å². The van der Waals surface area contributed by atoms with Crippen molar-refractivity contribution in [1.29, 1.82) is 0 Å². The molecule has 0 saturated heterocycles. The molecule has 0 bridgehead atoms. The molecule has 1 aromatic carbocycles. The van der Waals surface area contributed by atoms with Crippen molar-refractivity contribution < 1.29 is 17.3 Å². The molecule has 1 aromatic rings. The van der Waals surface area contributed by atoms with Crippen molar-refractivity contribution in [1.82, 2.24) is 0 Å². The topological polar surface area (TPSA) is 52.6 Å². The molecular weight excluding hydrogens is 300 g/mol. The molecule has 2 rings (SSSR count). The van der Waals surface area contributed by atoms with E-state index in [1.807, 2.05) is 25.1 Å². The van der Waals surface area contributed by atoms with Crippen molar-refractivity contribution in [3.05, 3.63) is 35.9 Å². The average Bonchev–Trinajstić information content (AvgIpc) is 2.47. The van der Waals surface area contributed by atoms with E-state index in [4.69, 9.17) is 8.92 Å². The summed E-state index contributed by atoms with van der Waals surface area (Å²) in [7, 11) is -3.36. The summed E-state index contributed by atoms with van der Waals surface area (Å²) in [5.41, 5.74) is 1.20. The van der Waals surface area contributed by atoms with Gasteiger partial charge in [-0.05, 0) is 50.0 Å². The molecule has 1 saturated carbocycles. The second kappa shape index (κ2) is 8.09. The average molecular weight is 326 g/mol. The van der Waals surface area contributed by atoms with Gasteiger partial charge in [0.15, 0.2) is 0 Å². The lowest BCUT2D eigenvalue weighted by Gasteiger charge is -2.31. The zero-order valence-electron chi connectivity index (χ0n) is 13.4. The zero-order chi connectivity index (χ0) is 16.0. The smallest absolute Gasteiger partial charge is 0.264 e. The summed E-state index contributed by atoms with van der Waals surface area (Å²) in [6.45, 7) is 3.30. The Morgan fingerprint density at radius 1 is 1.14 bits per heavy atom. The van der Waals surface area contributed by atoms with Crippen LogP contribution in [0.15, 0.2) is 30.3 Å². The summed E-state index contributed by atoms with van der Waals surface area (Å²) < 4.78 is 33.3. The van der Waals surface area contributed by atoms with Crippen LogP contribution in [0.5, 0.6) is 0 Å². The molecule has 1 unspecified atom stereocenters. The van der Waals surface area contributed by atoms with Crippen molar-refractivity contribution in [2.45, 2.75) is 45.3 Å². The molecule has 4 nitrogen and oxygen atoms in total. The van der Waals surface area contributed by atoms with Crippen LogP contribution in [-0.2, 0) is 25.6 Å². The van der Waals surface area contributed by atoms with Gasteiger partial charge in [0.05, 0.1) is 19.0 Å². The van der Waals surface area contributed by atoms with Gasteiger partial charge in [0, 0.05) is 6.61 Å². The molecule has 0 N–H and O–H groups in total. The SMILES string of the molecule is CC(OS(C)(=O)=O)[C@H]1CC[C@H](COCc2ccccc2)CC1. The maximum Gasteiger partial charge on any atom is 0.264 e. The molecule has 0 spiro atoms. The minimum atomic E-state index is -3.36. The molecule has 22 heavy (non-hydrogen) atoms. The van der Waals surface area contributed by atoms with Gasteiger partial charge in [-0.2, -0.15) is 8.42 Å². The first-order valence-electron chi connectivity index (χ1n) is 7.94. The van der Waals surface area contributed by atoms with Crippen molar-refractivity contribution in [2.75, 3.05) is 12.9 Å². The van der Waals surface area contributed by atoms with Crippen LogP contribution in [-0.4, -0.2) is 27.4 Å². The lowest BCUT2D eigenvalue weighted by molar-refractivity contribution is 0.0508. The Morgan fingerprint density at radius 3 is 2.36 bits per heavy atom. The van der Waals surface area contributed by atoms with Crippen LogP contribution in [0.3, 0.4) is 0 Å². The quantitative estimate of drug-likeness (QED) is 0.721. The Morgan fingerprint density at radius 2 is 1.77 bits per heavy atom. The summed E-state index contributed by atoms with van der Waals surface area (Å²) in [6, 6.07) is 10.2. The van der Waals surface area contributed by atoms with E-state index < -0.39 is 10.1 Å². The molecule has 1 aliphatic carbocycles. The van der Waals surface area contributed by atoms with E-state index in [0.29, 0.717) is 18.4 Å². The van der Waals surface area contributed by atoms with Gasteiger partial charge in [-0.3, -0.25) is 4.18 Å². The Hall–Kier alpha value is -0.910. The monoisotopic (exact) mass is 326 g/mol. The maximum absolute atomic E-state index is 11.2. The predicted molar refractivity (Wildman–Crippen MR) is 86.9 cm³/mol. The molecule has 1 fully saturated rings. The fraction of sp³-hybridized carbons (Fsp3) is 0.647. The molecular formula is C17H26O4S. The second-order valence-electron chi connectivity index (χ2n) is 6.29. The van der Waals surface area contributed by atoms with E-state index in [0.717, 1.165) is 38.5 Å². The third kappa shape index (κ3) is 6.07. The lowest BCUT2D eigenvalue weighted by atomic mass is 9.80. The standard InChI is InChI=1S/C17H26O4S/c1-14(21-22(2,18)19)17-10-8-16(9-11-17)13-20-12-15-6-4-3-5-7-15/h3-7,14,16-17H,8-13H2,1-2H3/t14?,16-,17-. The zero-order valence-corrected chi connectivity index (χ0v) is 14.2. The minimum absolute atomic E-state index is 0.221. The largest absolute Gasteiger partial charge is 0.376 e. The first-order valence-corrected chi connectivity index (χ1v) is 9.75. The highest BCUT2D eigenvalue weighted by Crippen LogP contribution is 2.32. The fourth-order valence-electron chi connectivity index (χ4n) is 3.10. The first-order chi connectivity index (χ1) is 10.4. The van der Waals surface area contributed by atoms with Crippen molar-refractivity contribution in [3.63, 3.8) is 0 Å². The highest BCUT2D eigenvalue weighted by molar-refractivity contribution is 7.86. The molecule has 124 valence electrons. The van der Waals surface area contributed by atoms with Crippen molar-refractivity contribution >= 4 is 10.1 Å². The van der Waals surface area contributed by atoms with Crippen LogP contribution in [0.2, 0.25) is 0 Å². The first kappa shape index (κ1) is 17.4. The predicted octanol–water partition coefficient (Wildman–Crippen LogP) is 3.37.